The Bertz CT molecular complexity index is 822. The summed E-state index contributed by atoms with van der Waals surface area (Å²) >= 11 is 2.63. The molecule has 2 amide bonds. The molecule has 1 fully saturated rings. The fourth-order valence-electron chi connectivity index (χ4n) is 2.82. The van der Waals surface area contributed by atoms with Gasteiger partial charge in [-0.05, 0) is 11.4 Å². The molecule has 2 aliphatic heterocycles. The zero-order valence-electron chi connectivity index (χ0n) is 14.2. The molecule has 0 aliphatic carbocycles. The zero-order valence-corrected chi connectivity index (χ0v) is 15.8. The number of hydrogen-bond acceptors (Lipinski definition) is 8. The summed E-state index contributed by atoms with van der Waals surface area (Å²) in [7, 11) is 0. The second-order valence-corrected chi connectivity index (χ2v) is 8.01. The van der Waals surface area contributed by atoms with Gasteiger partial charge < -0.3 is 20.9 Å². The molecule has 11 heteroatoms. The molecule has 3 atom stereocenters. The number of amides is 2. The van der Waals surface area contributed by atoms with E-state index in [1.165, 1.54) is 30.0 Å². The molecular formula is C16H17N3O6S2. The highest BCUT2D eigenvalue weighted by Gasteiger charge is 2.54. The number of nitrogens with zero attached hydrogens (tertiary/aromatic N) is 1. The monoisotopic (exact) mass is 411 g/mol. The van der Waals surface area contributed by atoms with Crippen molar-refractivity contribution < 1.29 is 29.0 Å². The van der Waals surface area contributed by atoms with Crippen molar-refractivity contribution in [3.05, 3.63) is 33.7 Å². The van der Waals surface area contributed by atoms with Crippen LogP contribution < -0.4 is 11.1 Å². The average molecular weight is 411 g/mol. The van der Waals surface area contributed by atoms with Gasteiger partial charge in [-0.25, -0.2) is 4.79 Å². The number of carboxylic acids is 1. The predicted molar refractivity (Wildman–Crippen MR) is 97.6 cm³/mol. The molecule has 27 heavy (non-hydrogen) atoms. The van der Waals surface area contributed by atoms with Gasteiger partial charge in [0.2, 0.25) is 5.91 Å². The Morgan fingerprint density at radius 1 is 1.48 bits per heavy atom. The van der Waals surface area contributed by atoms with Crippen molar-refractivity contribution in [2.45, 2.75) is 24.4 Å². The summed E-state index contributed by atoms with van der Waals surface area (Å²) in [5, 5.41) is 13.4. The molecule has 0 bridgehead atoms. The van der Waals surface area contributed by atoms with Crippen LogP contribution in [0.15, 0.2) is 28.8 Å². The second kappa shape index (κ2) is 7.71. The number of carbonyl (C=O) groups is 4. The molecule has 0 aromatic carbocycles. The van der Waals surface area contributed by atoms with Crippen LogP contribution in [0, 0.1) is 0 Å². The third kappa shape index (κ3) is 3.70. The Hall–Kier alpha value is -2.37. The number of ether oxygens (including phenoxy) is 1. The first-order valence-electron chi connectivity index (χ1n) is 7.94. The summed E-state index contributed by atoms with van der Waals surface area (Å²) in [6, 6.07) is 1.76. The zero-order chi connectivity index (χ0) is 19.7. The number of hydrogen-bond donors (Lipinski definition) is 3. The summed E-state index contributed by atoms with van der Waals surface area (Å²) in [5.74, 6) is -2.58. The highest BCUT2D eigenvalue weighted by molar-refractivity contribution is 8.00. The van der Waals surface area contributed by atoms with E-state index in [9.17, 15) is 24.3 Å². The van der Waals surface area contributed by atoms with Crippen LogP contribution in [0.1, 0.15) is 17.8 Å². The first-order valence-corrected chi connectivity index (χ1v) is 9.86. The van der Waals surface area contributed by atoms with Crippen LogP contribution in [-0.2, 0) is 23.9 Å². The standard InChI is InChI=1S/C16H17N3O6S2/c1-7(20)25-5-8-6-27-15-11(14(22)19(15)12(8)16(23)24)18-13(21)10(17)9-3-2-4-26-9/h2-4,10-11,15H,5-6,17H2,1H3,(H,18,21)(H,23,24)/t10?,11-,15?/m1/s1. The van der Waals surface area contributed by atoms with E-state index in [-0.39, 0.29) is 18.1 Å². The van der Waals surface area contributed by atoms with E-state index in [4.69, 9.17) is 10.5 Å². The minimum Gasteiger partial charge on any atom is -0.477 e. The fourth-order valence-corrected chi connectivity index (χ4v) is 4.88. The van der Waals surface area contributed by atoms with E-state index >= 15 is 0 Å². The lowest BCUT2D eigenvalue weighted by atomic mass is 10.0. The Kier molecular flexibility index (Phi) is 5.53. The maximum atomic E-state index is 12.5. The number of β-lactam (4-membered cyclic amide) rings is 1. The van der Waals surface area contributed by atoms with Gasteiger partial charge in [0.15, 0.2) is 0 Å². The Morgan fingerprint density at radius 3 is 2.81 bits per heavy atom. The number of rotatable bonds is 6. The van der Waals surface area contributed by atoms with Gasteiger partial charge in [-0.15, -0.1) is 23.1 Å². The second-order valence-electron chi connectivity index (χ2n) is 5.93. The van der Waals surface area contributed by atoms with Gasteiger partial charge >= 0.3 is 11.9 Å². The number of nitrogens with one attached hydrogen (secondary N) is 1. The van der Waals surface area contributed by atoms with Crippen LogP contribution in [0.25, 0.3) is 0 Å². The number of thioether (sulfide) groups is 1. The maximum Gasteiger partial charge on any atom is 0.352 e. The van der Waals surface area contributed by atoms with Crippen LogP contribution in [0.2, 0.25) is 0 Å². The Labute approximate surface area is 162 Å². The van der Waals surface area contributed by atoms with Gasteiger partial charge in [0.05, 0.1) is 0 Å². The third-order valence-corrected chi connectivity index (χ3v) is 6.42. The van der Waals surface area contributed by atoms with Crippen LogP contribution >= 0.6 is 23.1 Å². The van der Waals surface area contributed by atoms with Crippen LogP contribution in [0.4, 0.5) is 0 Å². The number of fused-ring (bicyclic) bond motifs is 1. The summed E-state index contributed by atoms with van der Waals surface area (Å²) in [4.78, 5) is 49.2. The van der Waals surface area contributed by atoms with E-state index in [0.717, 1.165) is 4.90 Å². The molecule has 144 valence electrons. The normalized spacial score (nSPS) is 22.6. The predicted octanol–water partition coefficient (Wildman–Crippen LogP) is 0.0496. The Morgan fingerprint density at radius 2 is 2.22 bits per heavy atom. The minimum absolute atomic E-state index is 0.194. The molecule has 1 saturated heterocycles. The number of esters is 1. The number of carboxylic acid groups (broad SMARTS) is 1. The van der Waals surface area contributed by atoms with Crippen molar-refractivity contribution in [1.29, 1.82) is 0 Å². The highest BCUT2D eigenvalue weighted by atomic mass is 32.2. The summed E-state index contributed by atoms with van der Waals surface area (Å²) in [6.07, 6.45) is 0. The molecule has 0 saturated carbocycles. The number of thiophene rings is 1. The lowest BCUT2D eigenvalue weighted by molar-refractivity contribution is -0.151. The topological polar surface area (TPSA) is 139 Å². The average Bonchev–Trinajstić information content (AvgIpc) is 3.16. The Balaban J connectivity index is 1.72. The maximum absolute atomic E-state index is 12.5. The summed E-state index contributed by atoms with van der Waals surface area (Å²) in [5.41, 5.74) is 6.05. The van der Waals surface area contributed by atoms with Gasteiger partial charge in [0, 0.05) is 23.1 Å². The molecule has 9 nitrogen and oxygen atoms in total. The van der Waals surface area contributed by atoms with Gasteiger partial charge in [-0.2, -0.15) is 0 Å². The number of nitrogens with two attached hydrogens (primary N) is 1. The SMILES string of the molecule is CC(=O)OCC1=C(C(=O)O)N2C(=O)[C@@H](NC(=O)C(N)c3cccs3)C2SC1. The number of aliphatic carboxylic acids is 1. The van der Waals surface area contributed by atoms with E-state index in [1.54, 1.807) is 17.5 Å². The lowest BCUT2D eigenvalue weighted by Gasteiger charge is -2.49. The van der Waals surface area contributed by atoms with E-state index < -0.39 is 41.2 Å². The molecule has 1 aromatic heterocycles. The largest absolute Gasteiger partial charge is 0.477 e. The van der Waals surface area contributed by atoms with Gasteiger partial charge in [0.25, 0.3) is 5.91 Å². The lowest BCUT2D eigenvalue weighted by Crippen LogP contribution is -2.71. The van der Waals surface area contributed by atoms with Crippen molar-refractivity contribution in [1.82, 2.24) is 10.2 Å². The third-order valence-electron chi connectivity index (χ3n) is 4.13. The summed E-state index contributed by atoms with van der Waals surface area (Å²) < 4.78 is 4.87. The molecule has 2 aliphatic rings. The molecule has 1 aromatic rings. The van der Waals surface area contributed by atoms with Crippen LogP contribution in [0.3, 0.4) is 0 Å². The van der Waals surface area contributed by atoms with Crippen molar-refractivity contribution in [2.24, 2.45) is 5.73 Å². The molecule has 3 rings (SSSR count). The molecular weight excluding hydrogens is 394 g/mol. The van der Waals surface area contributed by atoms with E-state index in [1.807, 2.05) is 0 Å². The van der Waals surface area contributed by atoms with Gasteiger partial charge in [-0.1, -0.05) is 6.07 Å². The minimum atomic E-state index is -1.28. The summed E-state index contributed by atoms with van der Waals surface area (Å²) in [6.45, 7) is 1.03. The molecule has 0 radical (unpaired) electrons. The van der Waals surface area contributed by atoms with E-state index in [2.05, 4.69) is 5.32 Å². The van der Waals surface area contributed by atoms with Crippen LogP contribution in [-0.4, -0.2) is 57.5 Å². The van der Waals surface area contributed by atoms with E-state index in [0.29, 0.717) is 10.5 Å². The first kappa shape index (κ1) is 19.4. The van der Waals surface area contributed by atoms with Crippen molar-refractivity contribution in [3.8, 4) is 0 Å². The quantitative estimate of drug-likeness (QED) is 0.441. The smallest absolute Gasteiger partial charge is 0.352 e. The van der Waals surface area contributed by atoms with Gasteiger partial charge in [0.1, 0.15) is 29.8 Å². The molecule has 0 spiro atoms. The fraction of sp³-hybridized carbons (Fsp3) is 0.375. The van der Waals surface area contributed by atoms with Crippen molar-refractivity contribution in [2.75, 3.05) is 12.4 Å². The highest BCUT2D eigenvalue weighted by Crippen LogP contribution is 2.40. The number of carbonyl (C=O) groups excluding carboxylic acids is 3. The van der Waals surface area contributed by atoms with Crippen molar-refractivity contribution >= 4 is 46.9 Å². The van der Waals surface area contributed by atoms with Crippen molar-refractivity contribution in [3.63, 3.8) is 0 Å². The van der Waals surface area contributed by atoms with Gasteiger partial charge in [-0.3, -0.25) is 19.3 Å². The van der Waals surface area contributed by atoms with Crippen LogP contribution in [0.5, 0.6) is 0 Å². The first-order chi connectivity index (χ1) is 12.8. The molecule has 2 unspecified atom stereocenters. The molecule has 4 N–H and O–H groups in total. The molecule has 3 heterocycles.